The van der Waals surface area contributed by atoms with Crippen LogP contribution in [0.15, 0.2) is 65.1 Å². The summed E-state index contributed by atoms with van der Waals surface area (Å²) in [5.74, 6) is 1.46. The maximum Gasteiger partial charge on any atom is 0.192 e. The number of benzene rings is 3. The van der Waals surface area contributed by atoms with Crippen LogP contribution in [0.2, 0.25) is 0 Å². The Morgan fingerprint density at radius 3 is 2.46 bits per heavy atom. The zero-order valence-electron chi connectivity index (χ0n) is 14.6. The van der Waals surface area contributed by atoms with Crippen LogP contribution in [0.25, 0.3) is 44.6 Å². The van der Waals surface area contributed by atoms with Crippen LogP contribution in [-0.2, 0) is 0 Å². The van der Waals surface area contributed by atoms with Crippen LogP contribution in [0, 0.1) is 13.8 Å². The maximum atomic E-state index is 5.77. The number of aromatic nitrogens is 3. The van der Waals surface area contributed by atoms with Crippen LogP contribution >= 0.6 is 0 Å². The zero-order chi connectivity index (χ0) is 17.7. The van der Waals surface area contributed by atoms with Crippen molar-refractivity contribution in [3.63, 3.8) is 0 Å². The number of imidazole rings is 1. The molecule has 0 spiro atoms. The first kappa shape index (κ1) is 14.9. The Balaban J connectivity index is 1.88. The largest absolute Gasteiger partial charge is 0.441 e. The third-order valence-corrected chi connectivity index (χ3v) is 4.70. The third-order valence-electron chi connectivity index (χ3n) is 4.70. The van der Waals surface area contributed by atoms with Crippen LogP contribution in [-0.4, -0.2) is 15.0 Å². The Hall–Kier alpha value is -3.40. The fourth-order valence-corrected chi connectivity index (χ4v) is 3.50. The molecule has 0 atom stereocenters. The van der Waals surface area contributed by atoms with Gasteiger partial charge in [-0.1, -0.05) is 42.5 Å². The van der Waals surface area contributed by atoms with E-state index in [0.717, 1.165) is 50.2 Å². The van der Waals surface area contributed by atoms with E-state index < -0.39 is 0 Å². The molecule has 0 aliphatic carbocycles. The molecule has 0 fully saturated rings. The minimum atomic E-state index is 0.652. The first-order valence-electron chi connectivity index (χ1n) is 8.62. The van der Waals surface area contributed by atoms with E-state index in [2.05, 4.69) is 47.2 Å². The SMILES string of the molecule is Cc1nc2c(-c3nc4c(C)cccc4[nH]3)c(-c3ccccc3)ccc2o1. The van der Waals surface area contributed by atoms with Crippen molar-refractivity contribution in [2.24, 2.45) is 0 Å². The molecule has 0 radical (unpaired) electrons. The summed E-state index contributed by atoms with van der Waals surface area (Å²) in [5, 5.41) is 0. The lowest BCUT2D eigenvalue weighted by atomic mass is 9.98. The highest BCUT2D eigenvalue weighted by molar-refractivity contribution is 6.00. The van der Waals surface area contributed by atoms with Crippen LogP contribution < -0.4 is 0 Å². The van der Waals surface area contributed by atoms with E-state index >= 15 is 0 Å². The summed E-state index contributed by atoms with van der Waals surface area (Å²) in [7, 11) is 0. The number of para-hydroxylation sites is 1. The highest BCUT2D eigenvalue weighted by Gasteiger charge is 2.19. The van der Waals surface area contributed by atoms with E-state index in [0.29, 0.717) is 5.89 Å². The van der Waals surface area contributed by atoms with Gasteiger partial charge in [-0.15, -0.1) is 0 Å². The fraction of sp³-hybridized carbons (Fsp3) is 0.0909. The van der Waals surface area contributed by atoms with E-state index in [-0.39, 0.29) is 0 Å². The number of H-pyrrole nitrogens is 1. The molecule has 126 valence electrons. The standard InChI is InChI=1S/C22H17N3O/c1-13-7-6-10-17-20(13)25-22(24-17)19-16(15-8-4-3-5-9-15)11-12-18-21(19)23-14(2)26-18/h3-12H,1-2H3,(H,24,25). The number of aromatic amines is 1. The molecule has 0 amide bonds. The van der Waals surface area contributed by atoms with Gasteiger partial charge in [-0.05, 0) is 41.8 Å². The lowest BCUT2D eigenvalue weighted by Gasteiger charge is -2.08. The molecule has 5 rings (SSSR count). The predicted molar refractivity (Wildman–Crippen MR) is 104 cm³/mol. The summed E-state index contributed by atoms with van der Waals surface area (Å²) < 4.78 is 5.77. The van der Waals surface area contributed by atoms with Gasteiger partial charge in [0.1, 0.15) is 11.3 Å². The van der Waals surface area contributed by atoms with E-state index in [9.17, 15) is 0 Å². The average Bonchev–Trinajstić information content (AvgIpc) is 3.25. The molecule has 1 N–H and O–H groups in total. The monoisotopic (exact) mass is 339 g/mol. The van der Waals surface area contributed by atoms with Crippen molar-refractivity contribution in [3.05, 3.63) is 72.1 Å². The van der Waals surface area contributed by atoms with Gasteiger partial charge in [0.05, 0.1) is 16.6 Å². The molecule has 3 aromatic carbocycles. The predicted octanol–water partition coefficient (Wildman–Crippen LogP) is 5.65. The second kappa shape index (κ2) is 5.56. The highest BCUT2D eigenvalue weighted by atomic mass is 16.3. The van der Waals surface area contributed by atoms with Gasteiger partial charge in [-0.3, -0.25) is 0 Å². The van der Waals surface area contributed by atoms with Crippen LogP contribution in [0.5, 0.6) is 0 Å². The molecular formula is C22H17N3O. The molecule has 5 aromatic rings. The molecule has 4 heteroatoms. The van der Waals surface area contributed by atoms with Gasteiger partial charge in [0.2, 0.25) is 0 Å². The van der Waals surface area contributed by atoms with Gasteiger partial charge >= 0.3 is 0 Å². The first-order chi connectivity index (χ1) is 12.7. The van der Waals surface area contributed by atoms with Crippen LogP contribution in [0.1, 0.15) is 11.5 Å². The Morgan fingerprint density at radius 2 is 1.65 bits per heavy atom. The van der Waals surface area contributed by atoms with Gasteiger partial charge < -0.3 is 9.40 Å². The second-order valence-electron chi connectivity index (χ2n) is 6.49. The maximum absolute atomic E-state index is 5.77. The van der Waals surface area contributed by atoms with E-state index in [4.69, 9.17) is 9.40 Å². The number of nitrogens with one attached hydrogen (secondary N) is 1. The highest BCUT2D eigenvalue weighted by Crippen LogP contribution is 2.37. The van der Waals surface area contributed by atoms with E-state index in [1.165, 1.54) is 0 Å². The Morgan fingerprint density at radius 1 is 0.808 bits per heavy atom. The molecule has 0 bridgehead atoms. The molecule has 0 unspecified atom stereocenters. The van der Waals surface area contributed by atoms with Crippen molar-refractivity contribution >= 4 is 22.1 Å². The molecule has 2 aromatic heterocycles. The number of oxazole rings is 1. The molecule has 0 aliphatic rings. The molecule has 4 nitrogen and oxygen atoms in total. The number of fused-ring (bicyclic) bond motifs is 2. The van der Waals surface area contributed by atoms with Crippen LogP contribution in [0.3, 0.4) is 0 Å². The molecule has 0 saturated heterocycles. The van der Waals surface area contributed by atoms with Crippen molar-refractivity contribution in [1.82, 2.24) is 15.0 Å². The lowest BCUT2D eigenvalue weighted by molar-refractivity contribution is 0.561. The minimum absolute atomic E-state index is 0.652. The summed E-state index contributed by atoms with van der Waals surface area (Å²) in [5.41, 5.74) is 7.95. The van der Waals surface area contributed by atoms with Gasteiger partial charge in [0.25, 0.3) is 0 Å². The van der Waals surface area contributed by atoms with Gasteiger partial charge in [-0.25, -0.2) is 9.97 Å². The van der Waals surface area contributed by atoms with Crippen molar-refractivity contribution in [1.29, 1.82) is 0 Å². The van der Waals surface area contributed by atoms with E-state index in [1.807, 2.05) is 37.3 Å². The van der Waals surface area contributed by atoms with Crippen molar-refractivity contribution in [2.45, 2.75) is 13.8 Å². The third kappa shape index (κ3) is 2.23. The summed E-state index contributed by atoms with van der Waals surface area (Å²) in [6, 6.07) is 20.5. The van der Waals surface area contributed by atoms with Crippen molar-refractivity contribution in [2.75, 3.05) is 0 Å². The Kier molecular flexibility index (Phi) is 3.19. The molecule has 26 heavy (non-hydrogen) atoms. The smallest absolute Gasteiger partial charge is 0.192 e. The summed E-state index contributed by atoms with van der Waals surface area (Å²) >= 11 is 0. The van der Waals surface area contributed by atoms with Crippen molar-refractivity contribution in [3.8, 4) is 22.5 Å². The minimum Gasteiger partial charge on any atom is -0.441 e. The van der Waals surface area contributed by atoms with Crippen LogP contribution in [0.4, 0.5) is 0 Å². The Bertz CT molecular complexity index is 1250. The zero-order valence-corrected chi connectivity index (χ0v) is 14.6. The van der Waals surface area contributed by atoms with Crippen molar-refractivity contribution < 1.29 is 4.42 Å². The summed E-state index contributed by atoms with van der Waals surface area (Å²) in [4.78, 5) is 13.0. The second-order valence-corrected chi connectivity index (χ2v) is 6.49. The molecule has 0 aliphatic heterocycles. The molecule has 0 saturated carbocycles. The van der Waals surface area contributed by atoms with Gasteiger partial charge in [0, 0.05) is 6.92 Å². The fourth-order valence-electron chi connectivity index (χ4n) is 3.50. The number of rotatable bonds is 2. The number of nitrogens with zero attached hydrogens (tertiary/aromatic N) is 2. The Labute approximate surface area is 150 Å². The van der Waals surface area contributed by atoms with Gasteiger partial charge in [0.15, 0.2) is 11.5 Å². The normalized spacial score (nSPS) is 11.5. The quantitative estimate of drug-likeness (QED) is 0.452. The van der Waals surface area contributed by atoms with Gasteiger partial charge in [-0.2, -0.15) is 0 Å². The topological polar surface area (TPSA) is 54.7 Å². The number of hydrogen-bond donors (Lipinski definition) is 1. The molecule has 2 heterocycles. The number of aryl methyl sites for hydroxylation is 2. The average molecular weight is 339 g/mol. The summed E-state index contributed by atoms with van der Waals surface area (Å²) in [6.45, 7) is 3.95. The first-order valence-corrected chi connectivity index (χ1v) is 8.62. The van der Waals surface area contributed by atoms with E-state index in [1.54, 1.807) is 0 Å². The summed E-state index contributed by atoms with van der Waals surface area (Å²) in [6.07, 6.45) is 0. The molecular weight excluding hydrogens is 322 g/mol. The lowest BCUT2D eigenvalue weighted by Crippen LogP contribution is -1.89. The number of hydrogen-bond acceptors (Lipinski definition) is 3.